The molecule has 1 aromatic rings. The minimum absolute atomic E-state index is 0.0788. The summed E-state index contributed by atoms with van der Waals surface area (Å²) in [6.45, 7) is 13.0. The Morgan fingerprint density at radius 3 is 2.37 bits per heavy atom. The average molecular weight is 282 g/mol. The van der Waals surface area contributed by atoms with E-state index in [2.05, 4.69) is 53.0 Å². The van der Waals surface area contributed by atoms with Gasteiger partial charge in [0.1, 0.15) is 0 Å². The van der Waals surface area contributed by atoms with Crippen molar-refractivity contribution in [3.63, 3.8) is 0 Å². The van der Waals surface area contributed by atoms with Crippen molar-refractivity contribution in [2.75, 3.05) is 0 Å². The molecular formula is C15H26N2OS. The third-order valence-electron chi connectivity index (χ3n) is 4.22. The standard InChI is InChI=1S/C15H26N2OS/c1-9-7-12(19-10(9)2)13(17-16)11-8-14(3,4)18-15(11,5)6/h7,11,13,17H,8,16H2,1-6H3. The molecule has 1 aromatic heterocycles. The first-order valence-electron chi connectivity index (χ1n) is 6.89. The van der Waals surface area contributed by atoms with E-state index in [0.29, 0.717) is 5.92 Å². The van der Waals surface area contributed by atoms with Crippen LogP contribution in [0.1, 0.15) is 55.5 Å². The zero-order chi connectivity index (χ0) is 14.4. The van der Waals surface area contributed by atoms with E-state index in [0.717, 1.165) is 6.42 Å². The van der Waals surface area contributed by atoms with Gasteiger partial charge in [-0.05, 0) is 59.6 Å². The molecule has 2 heterocycles. The third kappa shape index (κ3) is 2.87. The molecule has 108 valence electrons. The van der Waals surface area contributed by atoms with Gasteiger partial charge in [-0.3, -0.25) is 11.3 Å². The van der Waals surface area contributed by atoms with Crippen LogP contribution in [-0.4, -0.2) is 11.2 Å². The Hall–Kier alpha value is -0.420. The highest BCUT2D eigenvalue weighted by atomic mass is 32.1. The molecule has 0 aliphatic carbocycles. The number of ether oxygens (including phenoxy) is 1. The first-order valence-corrected chi connectivity index (χ1v) is 7.71. The van der Waals surface area contributed by atoms with Crippen molar-refractivity contribution in [2.24, 2.45) is 11.8 Å². The van der Waals surface area contributed by atoms with Crippen LogP contribution in [-0.2, 0) is 4.74 Å². The highest BCUT2D eigenvalue weighted by Crippen LogP contribution is 2.48. The molecule has 0 amide bonds. The quantitative estimate of drug-likeness (QED) is 0.659. The van der Waals surface area contributed by atoms with Crippen LogP contribution in [0.5, 0.6) is 0 Å². The molecule has 1 fully saturated rings. The molecular weight excluding hydrogens is 256 g/mol. The number of aryl methyl sites for hydroxylation is 2. The maximum absolute atomic E-state index is 6.20. The van der Waals surface area contributed by atoms with Crippen LogP contribution in [0, 0.1) is 19.8 Å². The van der Waals surface area contributed by atoms with Gasteiger partial charge in [-0.25, -0.2) is 0 Å². The van der Waals surface area contributed by atoms with Gasteiger partial charge in [-0.1, -0.05) is 0 Å². The number of hydrogen-bond acceptors (Lipinski definition) is 4. The van der Waals surface area contributed by atoms with E-state index in [1.165, 1.54) is 15.3 Å². The van der Waals surface area contributed by atoms with Crippen molar-refractivity contribution in [2.45, 2.75) is 65.2 Å². The molecule has 1 aliphatic heterocycles. The van der Waals surface area contributed by atoms with Gasteiger partial charge in [0.05, 0.1) is 17.2 Å². The molecule has 19 heavy (non-hydrogen) atoms. The molecule has 1 aliphatic rings. The van der Waals surface area contributed by atoms with Crippen molar-refractivity contribution < 1.29 is 4.74 Å². The van der Waals surface area contributed by atoms with E-state index in [4.69, 9.17) is 10.6 Å². The number of rotatable bonds is 3. The predicted molar refractivity (Wildman–Crippen MR) is 81.2 cm³/mol. The van der Waals surface area contributed by atoms with Crippen LogP contribution in [0.25, 0.3) is 0 Å². The monoisotopic (exact) mass is 282 g/mol. The summed E-state index contributed by atoms with van der Waals surface area (Å²) in [6, 6.07) is 2.42. The van der Waals surface area contributed by atoms with Crippen LogP contribution in [0.4, 0.5) is 0 Å². The highest BCUT2D eigenvalue weighted by molar-refractivity contribution is 7.12. The maximum atomic E-state index is 6.20. The fourth-order valence-electron chi connectivity index (χ4n) is 3.28. The molecule has 0 aromatic carbocycles. The molecule has 0 radical (unpaired) electrons. The minimum atomic E-state index is -0.160. The number of thiophene rings is 1. The topological polar surface area (TPSA) is 47.3 Å². The van der Waals surface area contributed by atoms with Gasteiger partial charge in [0.2, 0.25) is 0 Å². The normalized spacial score (nSPS) is 26.6. The second-order valence-electron chi connectivity index (χ2n) is 6.81. The van der Waals surface area contributed by atoms with Crippen molar-refractivity contribution in [3.05, 3.63) is 21.4 Å². The summed E-state index contributed by atoms with van der Waals surface area (Å²) >= 11 is 1.84. The Balaban J connectivity index is 2.32. The van der Waals surface area contributed by atoms with Crippen LogP contribution >= 0.6 is 11.3 Å². The summed E-state index contributed by atoms with van der Waals surface area (Å²) in [5.74, 6) is 6.23. The van der Waals surface area contributed by atoms with Gasteiger partial charge in [0.15, 0.2) is 0 Å². The third-order valence-corrected chi connectivity index (χ3v) is 5.45. The van der Waals surface area contributed by atoms with Crippen molar-refractivity contribution >= 4 is 11.3 Å². The van der Waals surface area contributed by atoms with Crippen molar-refractivity contribution in [1.82, 2.24) is 5.43 Å². The largest absolute Gasteiger partial charge is 0.369 e. The smallest absolute Gasteiger partial charge is 0.0681 e. The second-order valence-corrected chi connectivity index (χ2v) is 8.10. The number of hydrogen-bond donors (Lipinski definition) is 2. The second kappa shape index (κ2) is 4.85. The molecule has 1 saturated heterocycles. The molecule has 2 atom stereocenters. The number of hydrazine groups is 1. The van der Waals surface area contributed by atoms with E-state index < -0.39 is 0 Å². The molecule has 2 rings (SSSR count). The zero-order valence-corrected chi connectivity index (χ0v) is 13.6. The lowest BCUT2D eigenvalue weighted by Crippen LogP contribution is -2.40. The Kier molecular flexibility index (Phi) is 3.82. The molecule has 3 N–H and O–H groups in total. The average Bonchev–Trinajstić information content (AvgIpc) is 2.66. The van der Waals surface area contributed by atoms with E-state index in [1.54, 1.807) is 0 Å². The lowest BCUT2D eigenvalue weighted by molar-refractivity contribution is -0.0777. The van der Waals surface area contributed by atoms with Crippen LogP contribution in [0.3, 0.4) is 0 Å². The van der Waals surface area contributed by atoms with Crippen molar-refractivity contribution in [3.8, 4) is 0 Å². The first-order chi connectivity index (χ1) is 8.66. The van der Waals surface area contributed by atoms with Crippen LogP contribution in [0.2, 0.25) is 0 Å². The fourth-order valence-corrected chi connectivity index (χ4v) is 4.44. The zero-order valence-electron chi connectivity index (χ0n) is 12.8. The summed E-state index contributed by atoms with van der Waals surface area (Å²) in [5, 5.41) is 0. The Bertz CT molecular complexity index is 445. The SMILES string of the molecule is Cc1cc(C(NN)C2CC(C)(C)OC2(C)C)sc1C. The summed E-state index contributed by atoms with van der Waals surface area (Å²) in [5.41, 5.74) is 4.13. The van der Waals surface area contributed by atoms with Gasteiger partial charge in [0, 0.05) is 15.7 Å². The van der Waals surface area contributed by atoms with Gasteiger partial charge in [0.25, 0.3) is 0 Å². The lowest BCUT2D eigenvalue weighted by Gasteiger charge is -2.32. The highest BCUT2D eigenvalue weighted by Gasteiger charge is 2.49. The van der Waals surface area contributed by atoms with Gasteiger partial charge in [-0.2, -0.15) is 0 Å². The molecule has 4 heteroatoms. The van der Waals surface area contributed by atoms with Crippen molar-refractivity contribution in [1.29, 1.82) is 0 Å². The predicted octanol–water partition coefficient (Wildman–Crippen LogP) is 3.46. The summed E-state index contributed by atoms with van der Waals surface area (Å²) in [7, 11) is 0. The molecule has 2 unspecified atom stereocenters. The molecule has 0 spiro atoms. The van der Waals surface area contributed by atoms with Gasteiger partial charge < -0.3 is 4.74 Å². The van der Waals surface area contributed by atoms with E-state index in [1.807, 2.05) is 11.3 Å². The van der Waals surface area contributed by atoms with E-state index in [-0.39, 0.29) is 17.2 Å². The summed E-state index contributed by atoms with van der Waals surface area (Å²) < 4.78 is 6.20. The van der Waals surface area contributed by atoms with Crippen LogP contribution in [0.15, 0.2) is 6.07 Å². The number of nitrogens with one attached hydrogen (secondary N) is 1. The Morgan fingerprint density at radius 2 is 2.00 bits per heavy atom. The summed E-state index contributed by atoms with van der Waals surface area (Å²) in [6.07, 6.45) is 1.02. The molecule has 0 bridgehead atoms. The minimum Gasteiger partial charge on any atom is -0.369 e. The Morgan fingerprint density at radius 1 is 1.37 bits per heavy atom. The van der Waals surface area contributed by atoms with E-state index in [9.17, 15) is 0 Å². The van der Waals surface area contributed by atoms with E-state index >= 15 is 0 Å². The Labute approximate surface area is 120 Å². The molecule has 0 saturated carbocycles. The molecule has 3 nitrogen and oxygen atoms in total. The van der Waals surface area contributed by atoms with Crippen LogP contribution < -0.4 is 11.3 Å². The fraction of sp³-hybridized carbons (Fsp3) is 0.733. The summed E-state index contributed by atoms with van der Waals surface area (Å²) in [4.78, 5) is 2.68. The van der Waals surface area contributed by atoms with Gasteiger partial charge in [-0.15, -0.1) is 11.3 Å². The van der Waals surface area contributed by atoms with Gasteiger partial charge >= 0.3 is 0 Å². The maximum Gasteiger partial charge on any atom is 0.0681 e. The first kappa shape index (κ1) is 15.0. The number of nitrogens with two attached hydrogens (primary N) is 1. The lowest BCUT2D eigenvalue weighted by atomic mass is 9.81.